The van der Waals surface area contributed by atoms with E-state index >= 15 is 0 Å². The Bertz CT molecular complexity index is 362. The highest BCUT2D eigenvalue weighted by molar-refractivity contribution is 5.92. The molecule has 17 heavy (non-hydrogen) atoms. The van der Waals surface area contributed by atoms with Gasteiger partial charge in [0.05, 0.1) is 12.8 Å². The van der Waals surface area contributed by atoms with Gasteiger partial charge in [0.1, 0.15) is 0 Å². The molecule has 0 aliphatic rings. The van der Waals surface area contributed by atoms with E-state index in [9.17, 15) is 4.79 Å². The lowest BCUT2D eigenvalue weighted by Crippen LogP contribution is -2.35. The zero-order valence-corrected chi connectivity index (χ0v) is 10.6. The molecule has 1 heterocycles. The molecule has 96 valence electrons. The molecule has 1 unspecified atom stereocenters. The molecule has 0 aliphatic heterocycles. The van der Waals surface area contributed by atoms with Gasteiger partial charge < -0.3 is 10.4 Å². The molecule has 1 amide bonds. The number of aryl methyl sites for hydroxylation is 1. The molecule has 6 heteroatoms. The zero-order chi connectivity index (χ0) is 12.8. The number of hydrogen-bond acceptors (Lipinski definition) is 4. The fourth-order valence-electron chi connectivity index (χ4n) is 1.25. The first-order valence-corrected chi connectivity index (χ1v) is 5.84. The van der Waals surface area contributed by atoms with E-state index in [0.717, 1.165) is 13.0 Å². The molecule has 0 saturated heterocycles. The van der Waals surface area contributed by atoms with Crippen LogP contribution in [0.3, 0.4) is 0 Å². The molecule has 1 atom stereocenters. The van der Waals surface area contributed by atoms with Gasteiger partial charge in [-0.2, -0.15) is 0 Å². The van der Waals surface area contributed by atoms with Crippen molar-refractivity contribution in [3.8, 4) is 0 Å². The molecule has 0 aromatic carbocycles. The van der Waals surface area contributed by atoms with E-state index in [4.69, 9.17) is 5.11 Å². The summed E-state index contributed by atoms with van der Waals surface area (Å²) < 4.78 is 1.67. The molecule has 6 nitrogen and oxygen atoms in total. The first kappa shape index (κ1) is 13.6. The van der Waals surface area contributed by atoms with Gasteiger partial charge in [0.2, 0.25) is 0 Å². The Hall–Kier alpha value is -1.43. The van der Waals surface area contributed by atoms with Crippen molar-refractivity contribution < 1.29 is 9.90 Å². The van der Waals surface area contributed by atoms with Crippen LogP contribution in [0.5, 0.6) is 0 Å². The molecule has 0 fully saturated rings. The average Bonchev–Trinajstić information content (AvgIpc) is 2.74. The summed E-state index contributed by atoms with van der Waals surface area (Å²) in [5.41, 5.74) is 0.286. The zero-order valence-electron chi connectivity index (χ0n) is 10.6. The minimum Gasteiger partial charge on any atom is -0.394 e. The second-order valence-electron chi connectivity index (χ2n) is 4.61. The number of carbonyl (C=O) groups excluding carboxylic acids is 1. The fraction of sp³-hybridized carbons (Fsp3) is 0.727. The molecule has 0 spiro atoms. The van der Waals surface area contributed by atoms with Crippen LogP contribution in [0.15, 0.2) is 6.20 Å². The maximum atomic E-state index is 11.6. The van der Waals surface area contributed by atoms with Crippen molar-refractivity contribution in [2.75, 3.05) is 6.61 Å². The molecule has 0 saturated carbocycles. The lowest BCUT2D eigenvalue weighted by molar-refractivity contribution is 0.0917. The van der Waals surface area contributed by atoms with Crippen molar-refractivity contribution in [1.29, 1.82) is 0 Å². The molecule has 1 rings (SSSR count). The SMILES string of the molecule is CC(C)CCn1cc(C(=O)NC(C)CO)nn1. The highest BCUT2D eigenvalue weighted by Crippen LogP contribution is 2.02. The number of rotatable bonds is 6. The highest BCUT2D eigenvalue weighted by atomic mass is 16.3. The normalized spacial score (nSPS) is 12.8. The highest BCUT2D eigenvalue weighted by Gasteiger charge is 2.12. The van der Waals surface area contributed by atoms with Gasteiger partial charge in [-0.1, -0.05) is 19.1 Å². The van der Waals surface area contributed by atoms with Crippen LogP contribution < -0.4 is 5.32 Å². The van der Waals surface area contributed by atoms with Crippen LogP contribution in [0.4, 0.5) is 0 Å². The van der Waals surface area contributed by atoms with Crippen LogP contribution in [0.1, 0.15) is 37.7 Å². The van der Waals surface area contributed by atoms with E-state index in [1.807, 2.05) is 0 Å². The van der Waals surface area contributed by atoms with Crippen molar-refractivity contribution >= 4 is 5.91 Å². The van der Waals surface area contributed by atoms with Gasteiger partial charge in [0.25, 0.3) is 5.91 Å². The Kier molecular flexibility index (Phi) is 5.09. The van der Waals surface area contributed by atoms with E-state index in [2.05, 4.69) is 29.5 Å². The van der Waals surface area contributed by atoms with Crippen LogP contribution >= 0.6 is 0 Å². The predicted molar refractivity (Wildman–Crippen MR) is 63.5 cm³/mol. The van der Waals surface area contributed by atoms with Crippen LogP contribution in [-0.2, 0) is 6.54 Å². The van der Waals surface area contributed by atoms with Gasteiger partial charge in [0, 0.05) is 12.6 Å². The average molecular weight is 240 g/mol. The number of aliphatic hydroxyl groups excluding tert-OH is 1. The third-order valence-corrected chi connectivity index (χ3v) is 2.36. The summed E-state index contributed by atoms with van der Waals surface area (Å²) in [6, 6.07) is -0.275. The van der Waals surface area contributed by atoms with Gasteiger partial charge in [0.15, 0.2) is 5.69 Å². The summed E-state index contributed by atoms with van der Waals surface area (Å²) >= 11 is 0. The Labute approximate surface area is 101 Å². The molecule has 2 N–H and O–H groups in total. The smallest absolute Gasteiger partial charge is 0.273 e. The molecular weight excluding hydrogens is 220 g/mol. The monoisotopic (exact) mass is 240 g/mol. The van der Waals surface area contributed by atoms with Crippen molar-refractivity contribution in [3.05, 3.63) is 11.9 Å². The van der Waals surface area contributed by atoms with Crippen LogP contribution in [0.2, 0.25) is 0 Å². The molecule has 1 aromatic rings. The van der Waals surface area contributed by atoms with Gasteiger partial charge in [-0.15, -0.1) is 5.10 Å². The topological polar surface area (TPSA) is 80.0 Å². The Balaban J connectivity index is 2.52. The molecule has 1 aromatic heterocycles. The first-order valence-electron chi connectivity index (χ1n) is 5.84. The summed E-state index contributed by atoms with van der Waals surface area (Å²) in [4.78, 5) is 11.6. The van der Waals surface area contributed by atoms with E-state index < -0.39 is 0 Å². The summed E-state index contributed by atoms with van der Waals surface area (Å²) in [5, 5.41) is 19.1. The Morgan fingerprint density at radius 3 is 2.82 bits per heavy atom. The maximum Gasteiger partial charge on any atom is 0.273 e. The quantitative estimate of drug-likeness (QED) is 0.756. The largest absolute Gasteiger partial charge is 0.394 e. The van der Waals surface area contributed by atoms with Crippen LogP contribution in [-0.4, -0.2) is 38.7 Å². The van der Waals surface area contributed by atoms with Gasteiger partial charge >= 0.3 is 0 Å². The van der Waals surface area contributed by atoms with E-state index in [1.54, 1.807) is 17.8 Å². The van der Waals surface area contributed by atoms with Crippen molar-refractivity contribution in [2.45, 2.75) is 39.8 Å². The standard InChI is InChI=1S/C11H20N4O2/c1-8(2)4-5-15-6-10(13-14-15)11(17)12-9(3)7-16/h6,8-9,16H,4-5,7H2,1-3H3,(H,12,17). The Morgan fingerprint density at radius 1 is 1.53 bits per heavy atom. The van der Waals surface area contributed by atoms with Gasteiger partial charge in [-0.05, 0) is 19.3 Å². The second-order valence-corrected chi connectivity index (χ2v) is 4.61. The summed E-state index contributed by atoms with van der Waals surface area (Å²) in [5.74, 6) is 0.285. The maximum absolute atomic E-state index is 11.6. The van der Waals surface area contributed by atoms with E-state index in [0.29, 0.717) is 5.92 Å². The summed E-state index contributed by atoms with van der Waals surface area (Å²) in [7, 11) is 0. The van der Waals surface area contributed by atoms with E-state index in [-0.39, 0.29) is 24.2 Å². The fourth-order valence-corrected chi connectivity index (χ4v) is 1.25. The molecule has 0 aliphatic carbocycles. The number of nitrogens with zero attached hydrogens (tertiary/aromatic N) is 3. The van der Waals surface area contributed by atoms with Gasteiger partial charge in [-0.3, -0.25) is 9.48 Å². The van der Waals surface area contributed by atoms with Gasteiger partial charge in [-0.25, -0.2) is 0 Å². The third kappa shape index (κ3) is 4.52. The van der Waals surface area contributed by atoms with Crippen molar-refractivity contribution in [3.63, 3.8) is 0 Å². The Morgan fingerprint density at radius 2 is 2.24 bits per heavy atom. The molecular formula is C11H20N4O2. The lowest BCUT2D eigenvalue weighted by atomic mass is 10.1. The van der Waals surface area contributed by atoms with Crippen molar-refractivity contribution in [1.82, 2.24) is 20.3 Å². The summed E-state index contributed by atoms with van der Waals surface area (Å²) in [6.45, 7) is 6.66. The van der Waals surface area contributed by atoms with Crippen LogP contribution in [0.25, 0.3) is 0 Å². The number of amides is 1. The summed E-state index contributed by atoms with van der Waals surface area (Å²) in [6.07, 6.45) is 2.62. The second kappa shape index (κ2) is 6.34. The number of hydrogen-bond donors (Lipinski definition) is 2. The molecule has 0 bridgehead atoms. The first-order chi connectivity index (χ1) is 8.02. The minimum atomic E-state index is -0.303. The third-order valence-electron chi connectivity index (χ3n) is 2.36. The predicted octanol–water partition coefficient (Wildman–Crippen LogP) is 0.435. The number of aromatic nitrogens is 3. The lowest BCUT2D eigenvalue weighted by Gasteiger charge is -2.08. The number of carbonyl (C=O) groups is 1. The van der Waals surface area contributed by atoms with E-state index in [1.165, 1.54) is 0 Å². The minimum absolute atomic E-state index is 0.0901. The van der Waals surface area contributed by atoms with Crippen molar-refractivity contribution in [2.24, 2.45) is 5.92 Å². The molecule has 0 radical (unpaired) electrons. The number of nitrogens with one attached hydrogen (secondary N) is 1. The van der Waals surface area contributed by atoms with Crippen LogP contribution in [0, 0.1) is 5.92 Å². The number of aliphatic hydroxyl groups is 1.